The Bertz CT molecular complexity index is 1150. The second-order valence-electron chi connectivity index (χ2n) is 7.93. The summed E-state index contributed by atoms with van der Waals surface area (Å²) in [6.45, 7) is 4.52. The molecule has 0 aliphatic carbocycles. The molecule has 4 rings (SSSR count). The summed E-state index contributed by atoms with van der Waals surface area (Å²) in [6, 6.07) is 18.4. The summed E-state index contributed by atoms with van der Waals surface area (Å²) in [5, 5.41) is 0.568. The van der Waals surface area contributed by atoms with Crippen LogP contribution in [0.25, 0.3) is 0 Å². The van der Waals surface area contributed by atoms with Gasteiger partial charge in [-0.05, 0) is 67.4 Å². The van der Waals surface area contributed by atoms with Crippen molar-refractivity contribution >= 4 is 29.1 Å². The van der Waals surface area contributed by atoms with E-state index in [1.807, 2.05) is 44.2 Å². The summed E-state index contributed by atoms with van der Waals surface area (Å²) in [4.78, 5) is 26.0. The fourth-order valence-electron chi connectivity index (χ4n) is 4.05. The Balaban J connectivity index is 1.64. The average molecular weight is 435 g/mol. The van der Waals surface area contributed by atoms with Gasteiger partial charge in [-0.3, -0.25) is 9.59 Å². The quantitative estimate of drug-likeness (QED) is 0.586. The first-order valence-electron chi connectivity index (χ1n) is 10.1. The van der Waals surface area contributed by atoms with E-state index in [0.717, 1.165) is 22.4 Å². The standard InChI is InChI=1S/C25H23ClN2O3/c1-15-8-16(2)10-21(9-15)31-23-13-19(26)6-7-22(23)18-12-24(29)28(14-18)20-5-3-4-17(11-20)25(27)30/h3-11,13,18H,12,14H2,1-2H3,(H2,27,30)/t18-/m0/s1. The van der Waals surface area contributed by atoms with Crippen molar-refractivity contribution in [2.75, 3.05) is 11.4 Å². The molecule has 0 radical (unpaired) electrons. The van der Waals surface area contributed by atoms with Gasteiger partial charge >= 0.3 is 0 Å². The minimum atomic E-state index is -0.521. The second-order valence-corrected chi connectivity index (χ2v) is 8.36. The lowest BCUT2D eigenvalue weighted by molar-refractivity contribution is -0.117. The van der Waals surface area contributed by atoms with Gasteiger partial charge in [-0.1, -0.05) is 29.8 Å². The summed E-state index contributed by atoms with van der Waals surface area (Å²) >= 11 is 6.25. The van der Waals surface area contributed by atoms with E-state index in [-0.39, 0.29) is 11.8 Å². The van der Waals surface area contributed by atoms with E-state index >= 15 is 0 Å². The molecule has 3 aromatic carbocycles. The van der Waals surface area contributed by atoms with Crippen molar-refractivity contribution in [3.63, 3.8) is 0 Å². The lowest BCUT2D eigenvalue weighted by atomic mass is 9.97. The van der Waals surface area contributed by atoms with Gasteiger partial charge in [0, 0.05) is 40.7 Å². The van der Waals surface area contributed by atoms with E-state index in [1.54, 1.807) is 29.2 Å². The summed E-state index contributed by atoms with van der Waals surface area (Å²) in [5.74, 6) is 0.771. The number of anilines is 1. The zero-order valence-corrected chi connectivity index (χ0v) is 18.1. The van der Waals surface area contributed by atoms with Gasteiger partial charge in [0.2, 0.25) is 11.8 Å². The van der Waals surface area contributed by atoms with Crippen molar-refractivity contribution in [1.29, 1.82) is 0 Å². The highest BCUT2D eigenvalue weighted by atomic mass is 35.5. The summed E-state index contributed by atoms with van der Waals surface area (Å²) in [6.07, 6.45) is 0.339. The SMILES string of the molecule is Cc1cc(C)cc(Oc2cc(Cl)ccc2[C@H]2CC(=O)N(c3cccc(C(N)=O)c3)C2)c1. The molecule has 0 spiro atoms. The van der Waals surface area contributed by atoms with E-state index in [9.17, 15) is 9.59 Å². The van der Waals surface area contributed by atoms with Crippen LogP contribution in [0.4, 0.5) is 5.69 Å². The topological polar surface area (TPSA) is 72.6 Å². The van der Waals surface area contributed by atoms with Gasteiger partial charge in [0.15, 0.2) is 0 Å². The number of carbonyl (C=O) groups is 2. The Kier molecular flexibility index (Phi) is 5.70. The molecule has 6 heteroatoms. The predicted molar refractivity (Wildman–Crippen MR) is 122 cm³/mol. The molecule has 1 heterocycles. The third kappa shape index (κ3) is 4.57. The normalized spacial score (nSPS) is 15.9. The summed E-state index contributed by atoms with van der Waals surface area (Å²) in [7, 11) is 0. The van der Waals surface area contributed by atoms with Crippen molar-refractivity contribution in [1.82, 2.24) is 0 Å². The highest BCUT2D eigenvalue weighted by molar-refractivity contribution is 6.30. The first-order valence-corrected chi connectivity index (χ1v) is 10.4. The van der Waals surface area contributed by atoms with Crippen LogP contribution in [0.1, 0.15) is 39.4 Å². The van der Waals surface area contributed by atoms with Crippen LogP contribution in [0.15, 0.2) is 60.7 Å². The van der Waals surface area contributed by atoms with Crippen LogP contribution in [0.5, 0.6) is 11.5 Å². The first-order chi connectivity index (χ1) is 14.8. The number of nitrogens with zero attached hydrogens (tertiary/aromatic N) is 1. The lowest BCUT2D eigenvalue weighted by Crippen LogP contribution is -2.24. The number of nitrogens with two attached hydrogens (primary N) is 1. The number of ether oxygens (including phenoxy) is 1. The fourth-order valence-corrected chi connectivity index (χ4v) is 4.21. The number of primary amides is 1. The molecular formula is C25H23ClN2O3. The second kappa shape index (κ2) is 8.44. The molecule has 1 saturated heterocycles. The Morgan fingerprint density at radius 1 is 1.06 bits per heavy atom. The number of hydrogen-bond acceptors (Lipinski definition) is 3. The zero-order valence-electron chi connectivity index (χ0n) is 17.4. The van der Waals surface area contributed by atoms with Gasteiger partial charge in [0.1, 0.15) is 11.5 Å². The van der Waals surface area contributed by atoms with E-state index in [1.165, 1.54) is 0 Å². The number of rotatable bonds is 5. The average Bonchev–Trinajstić information content (AvgIpc) is 3.09. The lowest BCUT2D eigenvalue weighted by Gasteiger charge is -2.19. The largest absolute Gasteiger partial charge is 0.457 e. The van der Waals surface area contributed by atoms with Crippen molar-refractivity contribution in [3.05, 3.63) is 87.9 Å². The van der Waals surface area contributed by atoms with Crippen LogP contribution in [0, 0.1) is 13.8 Å². The third-order valence-electron chi connectivity index (χ3n) is 5.41. The first kappa shape index (κ1) is 20.9. The Morgan fingerprint density at radius 2 is 1.81 bits per heavy atom. The number of amides is 2. The van der Waals surface area contributed by atoms with E-state index in [0.29, 0.717) is 35.0 Å². The molecule has 0 saturated carbocycles. The molecule has 1 atom stereocenters. The molecule has 2 amide bonds. The van der Waals surface area contributed by atoms with Crippen LogP contribution in [-0.4, -0.2) is 18.4 Å². The zero-order chi connectivity index (χ0) is 22.1. The molecule has 1 fully saturated rings. The van der Waals surface area contributed by atoms with Crippen LogP contribution < -0.4 is 15.4 Å². The van der Waals surface area contributed by atoms with E-state index in [4.69, 9.17) is 22.1 Å². The third-order valence-corrected chi connectivity index (χ3v) is 5.64. The summed E-state index contributed by atoms with van der Waals surface area (Å²) in [5.41, 5.74) is 9.56. The maximum absolute atomic E-state index is 12.8. The molecule has 1 aliphatic heterocycles. The smallest absolute Gasteiger partial charge is 0.248 e. The number of aryl methyl sites for hydroxylation is 2. The number of hydrogen-bond donors (Lipinski definition) is 1. The maximum Gasteiger partial charge on any atom is 0.248 e. The van der Waals surface area contributed by atoms with Gasteiger partial charge in [-0.2, -0.15) is 0 Å². The molecule has 3 aromatic rings. The van der Waals surface area contributed by atoms with Crippen molar-refractivity contribution in [2.45, 2.75) is 26.2 Å². The molecule has 1 aliphatic rings. The number of halogens is 1. The highest BCUT2D eigenvalue weighted by Gasteiger charge is 2.33. The summed E-state index contributed by atoms with van der Waals surface area (Å²) < 4.78 is 6.22. The predicted octanol–water partition coefficient (Wildman–Crippen LogP) is 5.37. The van der Waals surface area contributed by atoms with E-state index < -0.39 is 5.91 Å². The van der Waals surface area contributed by atoms with Gasteiger partial charge < -0.3 is 15.4 Å². The van der Waals surface area contributed by atoms with E-state index in [2.05, 4.69) is 6.07 Å². The minimum absolute atomic E-state index is 0.0149. The number of benzene rings is 3. The molecule has 158 valence electrons. The molecular weight excluding hydrogens is 412 g/mol. The monoisotopic (exact) mass is 434 g/mol. The minimum Gasteiger partial charge on any atom is -0.457 e. The molecule has 0 unspecified atom stereocenters. The highest BCUT2D eigenvalue weighted by Crippen LogP contribution is 2.39. The molecule has 31 heavy (non-hydrogen) atoms. The van der Waals surface area contributed by atoms with Gasteiger partial charge in [0.05, 0.1) is 0 Å². The number of carbonyl (C=O) groups excluding carboxylic acids is 2. The maximum atomic E-state index is 12.8. The van der Waals surface area contributed by atoms with Crippen LogP contribution >= 0.6 is 11.6 Å². The van der Waals surface area contributed by atoms with Crippen LogP contribution in [-0.2, 0) is 4.79 Å². The Labute approximate surface area is 186 Å². The molecule has 5 nitrogen and oxygen atoms in total. The van der Waals surface area contributed by atoms with Crippen molar-refractivity contribution in [3.8, 4) is 11.5 Å². The Hall–Kier alpha value is -3.31. The van der Waals surface area contributed by atoms with Crippen LogP contribution in [0.2, 0.25) is 5.02 Å². The molecule has 0 bridgehead atoms. The van der Waals surface area contributed by atoms with Crippen molar-refractivity contribution < 1.29 is 14.3 Å². The Morgan fingerprint density at radius 3 is 2.52 bits per heavy atom. The van der Waals surface area contributed by atoms with Gasteiger partial charge in [-0.15, -0.1) is 0 Å². The van der Waals surface area contributed by atoms with Gasteiger partial charge in [-0.25, -0.2) is 0 Å². The molecule has 0 aromatic heterocycles. The molecule has 2 N–H and O–H groups in total. The fraction of sp³-hybridized carbons (Fsp3) is 0.200. The van der Waals surface area contributed by atoms with Crippen molar-refractivity contribution in [2.24, 2.45) is 5.73 Å². The van der Waals surface area contributed by atoms with Gasteiger partial charge in [0.25, 0.3) is 0 Å². The van der Waals surface area contributed by atoms with Crippen LogP contribution in [0.3, 0.4) is 0 Å².